The Bertz CT molecular complexity index is 1160. The van der Waals surface area contributed by atoms with Gasteiger partial charge >= 0.3 is 0 Å². The predicted molar refractivity (Wildman–Crippen MR) is 121 cm³/mol. The van der Waals surface area contributed by atoms with Gasteiger partial charge in [0.1, 0.15) is 0 Å². The lowest BCUT2D eigenvalue weighted by Gasteiger charge is -2.44. The molecule has 3 aromatic heterocycles. The fourth-order valence-electron chi connectivity index (χ4n) is 4.85. The van der Waals surface area contributed by atoms with E-state index in [-0.39, 0.29) is 11.8 Å². The Morgan fingerprint density at radius 3 is 2.50 bits per heavy atom. The number of aryl methyl sites for hydroxylation is 1. The molecule has 164 valence electrons. The molecule has 0 aliphatic carbocycles. The highest BCUT2D eigenvalue weighted by Gasteiger charge is 2.38. The summed E-state index contributed by atoms with van der Waals surface area (Å²) in [4.78, 5) is 42.5. The standard InChI is InChI=1S/C25H27N5O2/c1-17-8-20(11-27-10-17)25(32)30-15-22(16-30)19-4-2-3-7-29(14-19)24(31)21-9-18-5-6-26-13-23(18)28-12-21/h5-6,8-13,19,22H,2-4,7,14-16H2,1H3. The van der Waals surface area contributed by atoms with Crippen molar-refractivity contribution >= 4 is 22.7 Å². The van der Waals surface area contributed by atoms with Gasteiger partial charge in [0.25, 0.3) is 11.8 Å². The number of rotatable bonds is 3. The van der Waals surface area contributed by atoms with Crippen LogP contribution in [0.1, 0.15) is 45.5 Å². The molecule has 2 amide bonds. The molecule has 5 rings (SSSR count). The Balaban J connectivity index is 1.24. The van der Waals surface area contributed by atoms with Crippen LogP contribution in [0.15, 0.2) is 49.2 Å². The average Bonchev–Trinajstić information content (AvgIpc) is 3.03. The third kappa shape index (κ3) is 4.07. The van der Waals surface area contributed by atoms with Gasteiger partial charge in [-0.25, -0.2) is 0 Å². The van der Waals surface area contributed by atoms with Crippen LogP contribution in [0.25, 0.3) is 10.9 Å². The van der Waals surface area contributed by atoms with Crippen LogP contribution in [0.5, 0.6) is 0 Å². The van der Waals surface area contributed by atoms with E-state index < -0.39 is 0 Å². The molecule has 2 aliphatic rings. The molecule has 1 atom stereocenters. The smallest absolute Gasteiger partial charge is 0.255 e. The van der Waals surface area contributed by atoms with Crippen molar-refractivity contribution in [3.63, 3.8) is 0 Å². The van der Waals surface area contributed by atoms with Gasteiger partial charge in [-0.1, -0.05) is 6.42 Å². The average molecular weight is 430 g/mol. The van der Waals surface area contributed by atoms with Crippen molar-refractivity contribution in [2.45, 2.75) is 26.2 Å². The summed E-state index contributed by atoms with van der Waals surface area (Å²) < 4.78 is 0. The van der Waals surface area contributed by atoms with E-state index in [0.29, 0.717) is 23.0 Å². The van der Waals surface area contributed by atoms with E-state index in [1.54, 1.807) is 31.0 Å². The molecular formula is C25H27N5O2. The number of pyridine rings is 3. The molecular weight excluding hydrogens is 402 g/mol. The van der Waals surface area contributed by atoms with Crippen LogP contribution in [0.3, 0.4) is 0 Å². The minimum absolute atomic E-state index is 0.0428. The molecule has 1 unspecified atom stereocenters. The minimum Gasteiger partial charge on any atom is -0.338 e. The van der Waals surface area contributed by atoms with E-state index >= 15 is 0 Å². The van der Waals surface area contributed by atoms with E-state index in [1.807, 2.05) is 34.9 Å². The highest BCUT2D eigenvalue weighted by atomic mass is 16.2. The Morgan fingerprint density at radius 2 is 1.66 bits per heavy atom. The monoisotopic (exact) mass is 429 g/mol. The zero-order valence-corrected chi connectivity index (χ0v) is 18.3. The van der Waals surface area contributed by atoms with Gasteiger partial charge in [0.15, 0.2) is 0 Å². The predicted octanol–water partition coefficient (Wildman–Crippen LogP) is 3.35. The summed E-state index contributed by atoms with van der Waals surface area (Å²) in [7, 11) is 0. The third-order valence-corrected chi connectivity index (χ3v) is 6.71. The van der Waals surface area contributed by atoms with Gasteiger partial charge in [0, 0.05) is 56.4 Å². The van der Waals surface area contributed by atoms with Gasteiger partial charge < -0.3 is 9.80 Å². The van der Waals surface area contributed by atoms with Crippen LogP contribution in [0, 0.1) is 18.8 Å². The van der Waals surface area contributed by atoms with E-state index in [0.717, 1.165) is 61.9 Å². The van der Waals surface area contributed by atoms with Gasteiger partial charge in [0.05, 0.1) is 22.8 Å². The lowest BCUT2D eigenvalue weighted by Crippen LogP contribution is -2.54. The first-order valence-corrected chi connectivity index (χ1v) is 11.3. The zero-order valence-electron chi connectivity index (χ0n) is 18.3. The van der Waals surface area contributed by atoms with Crippen LogP contribution in [0.4, 0.5) is 0 Å². The van der Waals surface area contributed by atoms with Gasteiger partial charge in [0.2, 0.25) is 0 Å². The van der Waals surface area contributed by atoms with Crippen LogP contribution >= 0.6 is 0 Å². The Hall–Kier alpha value is -3.35. The van der Waals surface area contributed by atoms with E-state index in [4.69, 9.17) is 0 Å². The topological polar surface area (TPSA) is 79.3 Å². The number of aromatic nitrogens is 3. The lowest BCUT2D eigenvalue weighted by atomic mass is 9.82. The molecule has 0 aromatic carbocycles. The summed E-state index contributed by atoms with van der Waals surface area (Å²) in [6.07, 6.45) is 11.7. The maximum absolute atomic E-state index is 13.3. The highest BCUT2D eigenvalue weighted by Crippen LogP contribution is 2.32. The van der Waals surface area contributed by atoms with E-state index in [1.165, 1.54) is 0 Å². The van der Waals surface area contributed by atoms with Gasteiger partial charge in [-0.15, -0.1) is 0 Å². The van der Waals surface area contributed by atoms with Crippen molar-refractivity contribution in [1.82, 2.24) is 24.8 Å². The number of likely N-dealkylation sites (tertiary alicyclic amines) is 2. The summed E-state index contributed by atoms with van der Waals surface area (Å²) >= 11 is 0. The Morgan fingerprint density at radius 1 is 0.875 bits per heavy atom. The molecule has 0 saturated carbocycles. The van der Waals surface area contributed by atoms with Crippen LogP contribution in [-0.4, -0.2) is 62.7 Å². The first kappa shape index (κ1) is 20.5. The largest absolute Gasteiger partial charge is 0.338 e. The number of nitrogens with zero attached hydrogens (tertiary/aromatic N) is 5. The number of carbonyl (C=O) groups is 2. The lowest BCUT2D eigenvalue weighted by molar-refractivity contribution is 0.0294. The maximum atomic E-state index is 13.3. The molecule has 2 saturated heterocycles. The van der Waals surface area contributed by atoms with Crippen molar-refractivity contribution in [3.05, 3.63) is 65.9 Å². The van der Waals surface area contributed by atoms with Crippen molar-refractivity contribution < 1.29 is 9.59 Å². The second-order valence-corrected chi connectivity index (χ2v) is 9.02. The van der Waals surface area contributed by atoms with E-state index in [9.17, 15) is 9.59 Å². The Kier molecular flexibility index (Phi) is 5.55. The summed E-state index contributed by atoms with van der Waals surface area (Å²) in [5.74, 6) is 0.946. The Labute approximate surface area is 187 Å². The second-order valence-electron chi connectivity index (χ2n) is 9.02. The number of amides is 2. The van der Waals surface area contributed by atoms with Crippen molar-refractivity contribution in [2.75, 3.05) is 26.2 Å². The molecule has 2 aliphatic heterocycles. The molecule has 2 fully saturated rings. The number of carbonyl (C=O) groups excluding carboxylic acids is 2. The van der Waals surface area contributed by atoms with Crippen LogP contribution < -0.4 is 0 Å². The normalized spacial score (nSPS) is 19.5. The highest BCUT2D eigenvalue weighted by molar-refractivity contribution is 5.97. The summed E-state index contributed by atoms with van der Waals surface area (Å²) in [6.45, 7) is 4.97. The molecule has 0 N–H and O–H groups in total. The first-order chi connectivity index (χ1) is 15.6. The molecule has 0 bridgehead atoms. The van der Waals surface area contributed by atoms with Crippen LogP contribution in [0.2, 0.25) is 0 Å². The molecule has 0 spiro atoms. The number of hydrogen-bond acceptors (Lipinski definition) is 5. The fourth-order valence-corrected chi connectivity index (χ4v) is 4.85. The third-order valence-electron chi connectivity index (χ3n) is 6.71. The maximum Gasteiger partial charge on any atom is 0.255 e. The first-order valence-electron chi connectivity index (χ1n) is 11.3. The SMILES string of the molecule is Cc1cncc(C(=O)N2CC(C3CCCCN(C(=O)c4cnc5cnccc5c4)C3)C2)c1. The van der Waals surface area contributed by atoms with Crippen molar-refractivity contribution in [3.8, 4) is 0 Å². The molecule has 5 heterocycles. The van der Waals surface area contributed by atoms with Gasteiger partial charge in [-0.3, -0.25) is 24.5 Å². The quantitative estimate of drug-likeness (QED) is 0.638. The van der Waals surface area contributed by atoms with Crippen LogP contribution in [-0.2, 0) is 0 Å². The summed E-state index contributed by atoms with van der Waals surface area (Å²) in [5.41, 5.74) is 3.06. The van der Waals surface area contributed by atoms with Gasteiger partial charge in [-0.05, 0) is 55.4 Å². The molecule has 32 heavy (non-hydrogen) atoms. The summed E-state index contributed by atoms with van der Waals surface area (Å²) in [5, 5.41) is 0.927. The molecule has 3 aromatic rings. The van der Waals surface area contributed by atoms with Gasteiger partial charge in [-0.2, -0.15) is 0 Å². The second kappa shape index (κ2) is 8.65. The molecule has 0 radical (unpaired) electrons. The van der Waals surface area contributed by atoms with Crippen molar-refractivity contribution in [1.29, 1.82) is 0 Å². The number of hydrogen-bond donors (Lipinski definition) is 0. The number of fused-ring (bicyclic) bond motifs is 1. The summed E-state index contributed by atoms with van der Waals surface area (Å²) in [6, 6.07) is 5.68. The minimum atomic E-state index is 0.0428. The van der Waals surface area contributed by atoms with E-state index in [2.05, 4.69) is 15.0 Å². The van der Waals surface area contributed by atoms with Crippen molar-refractivity contribution in [2.24, 2.45) is 11.8 Å². The fraction of sp³-hybridized carbons (Fsp3) is 0.400. The molecule has 7 nitrogen and oxygen atoms in total. The zero-order chi connectivity index (χ0) is 22.1. The molecule has 7 heteroatoms.